The fraction of sp³-hybridized carbons (Fsp3) is 0.318. The maximum Gasteiger partial charge on any atom is 0.232 e. The molecule has 1 amide bonds. The van der Waals surface area contributed by atoms with Crippen molar-refractivity contribution in [3.8, 4) is 28.6 Å². The molecule has 0 N–H and O–H groups in total. The lowest BCUT2D eigenvalue weighted by Crippen LogP contribution is -2.24. The van der Waals surface area contributed by atoms with Crippen LogP contribution in [0.5, 0.6) is 17.2 Å². The van der Waals surface area contributed by atoms with E-state index in [-0.39, 0.29) is 29.8 Å². The predicted octanol–water partition coefficient (Wildman–Crippen LogP) is 3.42. The van der Waals surface area contributed by atoms with Gasteiger partial charge in [0.2, 0.25) is 17.6 Å². The first-order valence-electron chi connectivity index (χ1n) is 9.68. The molecule has 0 spiro atoms. The molecule has 1 saturated heterocycles. The van der Waals surface area contributed by atoms with Crippen molar-refractivity contribution in [3.05, 3.63) is 53.7 Å². The highest BCUT2D eigenvalue weighted by Gasteiger charge is 2.34. The topological polar surface area (TPSA) is 86.9 Å². The Morgan fingerprint density at radius 1 is 1.10 bits per heavy atom. The molecule has 2 aromatic carbocycles. The molecule has 1 aromatic heterocycles. The lowest BCUT2D eigenvalue weighted by Gasteiger charge is -2.18. The van der Waals surface area contributed by atoms with Crippen LogP contribution in [0, 0.1) is 5.82 Å². The van der Waals surface area contributed by atoms with Crippen LogP contribution in [0.2, 0.25) is 0 Å². The van der Waals surface area contributed by atoms with Crippen LogP contribution >= 0.6 is 0 Å². The van der Waals surface area contributed by atoms with E-state index in [9.17, 15) is 9.18 Å². The van der Waals surface area contributed by atoms with Crippen LogP contribution in [0.1, 0.15) is 23.8 Å². The standard InChI is InChI=1S/C22H22FN3O5/c1-28-16-5-7-18(29-2)14(8-16)11-26-12-15(10-20(26)27)22-24-21(25-31-22)13-4-6-19(30-3)17(23)9-13/h4-9,15H,10-12H2,1-3H3. The maximum absolute atomic E-state index is 14.0. The molecular weight excluding hydrogens is 405 g/mol. The summed E-state index contributed by atoms with van der Waals surface area (Å²) in [7, 11) is 4.57. The van der Waals surface area contributed by atoms with E-state index in [1.54, 1.807) is 31.3 Å². The number of carbonyl (C=O) groups is 1. The average molecular weight is 427 g/mol. The van der Waals surface area contributed by atoms with E-state index in [0.717, 1.165) is 5.56 Å². The van der Waals surface area contributed by atoms with E-state index in [1.165, 1.54) is 19.2 Å². The molecule has 1 fully saturated rings. The molecule has 0 radical (unpaired) electrons. The predicted molar refractivity (Wildman–Crippen MR) is 109 cm³/mol. The van der Waals surface area contributed by atoms with Crippen LogP contribution in [0.15, 0.2) is 40.9 Å². The number of halogens is 1. The van der Waals surface area contributed by atoms with E-state index >= 15 is 0 Å². The number of ether oxygens (including phenoxy) is 3. The summed E-state index contributed by atoms with van der Waals surface area (Å²) < 4.78 is 35.0. The molecule has 4 rings (SSSR count). The van der Waals surface area contributed by atoms with Crippen molar-refractivity contribution >= 4 is 5.91 Å². The minimum atomic E-state index is -0.513. The number of likely N-dealkylation sites (tertiary alicyclic amines) is 1. The summed E-state index contributed by atoms with van der Waals surface area (Å²) in [6.45, 7) is 0.804. The number of hydrogen-bond donors (Lipinski definition) is 0. The number of hydrogen-bond acceptors (Lipinski definition) is 7. The van der Waals surface area contributed by atoms with Gasteiger partial charge >= 0.3 is 0 Å². The number of aromatic nitrogens is 2. The summed E-state index contributed by atoms with van der Waals surface area (Å²) in [5.41, 5.74) is 1.31. The number of benzene rings is 2. The van der Waals surface area contributed by atoms with Crippen molar-refractivity contribution in [2.24, 2.45) is 0 Å². The van der Waals surface area contributed by atoms with Gasteiger partial charge in [0.1, 0.15) is 11.5 Å². The average Bonchev–Trinajstić information content (AvgIpc) is 3.41. The van der Waals surface area contributed by atoms with E-state index < -0.39 is 5.82 Å². The SMILES string of the molecule is COc1ccc(OC)c(CN2CC(c3nc(-c4ccc(OC)c(F)c4)no3)CC2=O)c1. The molecule has 0 saturated carbocycles. The first kappa shape index (κ1) is 20.6. The molecule has 0 aliphatic carbocycles. The summed E-state index contributed by atoms with van der Waals surface area (Å²) >= 11 is 0. The minimum absolute atomic E-state index is 0.0230. The highest BCUT2D eigenvalue weighted by Crippen LogP contribution is 2.32. The first-order valence-corrected chi connectivity index (χ1v) is 9.68. The first-order chi connectivity index (χ1) is 15.0. The number of carbonyl (C=O) groups excluding carboxylic acids is 1. The largest absolute Gasteiger partial charge is 0.497 e. The Morgan fingerprint density at radius 3 is 2.58 bits per heavy atom. The zero-order valence-electron chi connectivity index (χ0n) is 17.4. The van der Waals surface area contributed by atoms with Crippen LogP contribution in [-0.4, -0.2) is 48.8 Å². The molecule has 31 heavy (non-hydrogen) atoms. The van der Waals surface area contributed by atoms with Crippen molar-refractivity contribution in [1.29, 1.82) is 0 Å². The Bertz CT molecular complexity index is 1100. The molecule has 1 unspecified atom stereocenters. The Hall–Kier alpha value is -3.62. The molecule has 0 bridgehead atoms. The van der Waals surface area contributed by atoms with Crippen LogP contribution in [0.4, 0.5) is 4.39 Å². The van der Waals surface area contributed by atoms with Gasteiger partial charge in [0, 0.05) is 30.6 Å². The van der Waals surface area contributed by atoms with Gasteiger partial charge in [0.15, 0.2) is 11.6 Å². The van der Waals surface area contributed by atoms with Gasteiger partial charge in [0.25, 0.3) is 0 Å². The van der Waals surface area contributed by atoms with Gasteiger partial charge in [-0.2, -0.15) is 4.98 Å². The third-order valence-electron chi connectivity index (χ3n) is 5.26. The number of methoxy groups -OCH3 is 3. The van der Waals surface area contributed by atoms with E-state index in [0.29, 0.717) is 36.0 Å². The van der Waals surface area contributed by atoms with E-state index in [2.05, 4.69) is 10.1 Å². The Kier molecular flexibility index (Phi) is 5.75. The van der Waals surface area contributed by atoms with Crippen LogP contribution in [-0.2, 0) is 11.3 Å². The molecule has 162 valence electrons. The van der Waals surface area contributed by atoms with Crippen LogP contribution < -0.4 is 14.2 Å². The summed E-state index contributed by atoms with van der Waals surface area (Å²) in [5.74, 6) is 1.33. The smallest absolute Gasteiger partial charge is 0.232 e. The second kappa shape index (κ2) is 8.63. The Morgan fingerprint density at radius 2 is 1.87 bits per heavy atom. The second-order valence-electron chi connectivity index (χ2n) is 7.16. The maximum atomic E-state index is 14.0. The number of rotatable bonds is 7. The van der Waals surface area contributed by atoms with Crippen molar-refractivity contribution in [3.63, 3.8) is 0 Å². The monoisotopic (exact) mass is 427 g/mol. The zero-order chi connectivity index (χ0) is 22.0. The van der Waals surface area contributed by atoms with Crippen LogP contribution in [0.25, 0.3) is 11.4 Å². The molecule has 1 atom stereocenters. The third-order valence-corrected chi connectivity index (χ3v) is 5.26. The summed E-state index contributed by atoms with van der Waals surface area (Å²) in [5, 5.41) is 3.95. The van der Waals surface area contributed by atoms with Gasteiger partial charge in [-0.25, -0.2) is 4.39 Å². The van der Waals surface area contributed by atoms with Crippen LogP contribution in [0.3, 0.4) is 0 Å². The van der Waals surface area contributed by atoms with Gasteiger partial charge in [-0.05, 0) is 36.4 Å². The van der Waals surface area contributed by atoms with Crippen molar-refractivity contribution < 1.29 is 27.9 Å². The van der Waals surface area contributed by atoms with Gasteiger partial charge < -0.3 is 23.6 Å². The molecule has 1 aliphatic rings. The molecular formula is C22H22FN3O5. The van der Waals surface area contributed by atoms with Gasteiger partial charge in [-0.15, -0.1) is 0 Å². The molecule has 8 nitrogen and oxygen atoms in total. The minimum Gasteiger partial charge on any atom is -0.497 e. The molecule has 3 aromatic rings. The second-order valence-corrected chi connectivity index (χ2v) is 7.16. The van der Waals surface area contributed by atoms with Crippen molar-refractivity contribution in [2.75, 3.05) is 27.9 Å². The normalized spacial score (nSPS) is 15.9. The molecule has 2 heterocycles. The highest BCUT2D eigenvalue weighted by atomic mass is 19.1. The lowest BCUT2D eigenvalue weighted by molar-refractivity contribution is -0.128. The van der Waals surface area contributed by atoms with E-state index in [1.807, 2.05) is 12.1 Å². The highest BCUT2D eigenvalue weighted by molar-refractivity contribution is 5.79. The zero-order valence-corrected chi connectivity index (χ0v) is 17.4. The lowest BCUT2D eigenvalue weighted by atomic mass is 10.1. The quantitative estimate of drug-likeness (QED) is 0.571. The van der Waals surface area contributed by atoms with Crippen molar-refractivity contribution in [2.45, 2.75) is 18.9 Å². The fourth-order valence-corrected chi connectivity index (χ4v) is 3.63. The van der Waals surface area contributed by atoms with Gasteiger partial charge in [0.05, 0.1) is 27.2 Å². The summed E-state index contributed by atoms with van der Waals surface area (Å²) in [6.07, 6.45) is 0.255. The molecule has 1 aliphatic heterocycles. The fourth-order valence-electron chi connectivity index (χ4n) is 3.63. The van der Waals surface area contributed by atoms with Crippen molar-refractivity contribution in [1.82, 2.24) is 15.0 Å². The third kappa shape index (κ3) is 4.16. The Labute approximate surface area is 178 Å². The molecule has 9 heteroatoms. The summed E-state index contributed by atoms with van der Waals surface area (Å²) in [6, 6.07) is 9.90. The van der Waals surface area contributed by atoms with Gasteiger partial charge in [-0.3, -0.25) is 4.79 Å². The van der Waals surface area contributed by atoms with E-state index in [4.69, 9.17) is 18.7 Å². The number of nitrogens with zero attached hydrogens (tertiary/aromatic N) is 3. The van der Waals surface area contributed by atoms with Gasteiger partial charge in [-0.1, -0.05) is 5.16 Å². The Balaban J connectivity index is 1.50. The summed E-state index contributed by atoms with van der Waals surface area (Å²) in [4.78, 5) is 18.7. The number of amides is 1.